The molecule has 2 aromatic rings. The Morgan fingerprint density at radius 3 is 2.27 bits per heavy atom. The first kappa shape index (κ1) is 14.8. The molecule has 2 aromatic carbocycles. The number of hydrogen-bond acceptors (Lipinski definition) is 4. The summed E-state index contributed by atoms with van der Waals surface area (Å²) < 4.78 is 4.59. The molecule has 0 radical (unpaired) electrons. The van der Waals surface area contributed by atoms with Crippen molar-refractivity contribution in [3.05, 3.63) is 48.5 Å². The molecule has 1 amide bonds. The molecular formula is C17H18N2O2S. The molecule has 1 aliphatic heterocycles. The third-order valence-electron chi connectivity index (χ3n) is 3.55. The molecule has 0 atom stereocenters. The fourth-order valence-electron chi connectivity index (χ4n) is 2.52. The summed E-state index contributed by atoms with van der Waals surface area (Å²) in [5, 5.41) is 2.73. The van der Waals surface area contributed by atoms with E-state index in [1.807, 2.05) is 0 Å². The van der Waals surface area contributed by atoms with Crippen LogP contribution in [0.5, 0.6) is 0 Å². The van der Waals surface area contributed by atoms with E-state index in [1.165, 1.54) is 28.3 Å². The Morgan fingerprint density at radius 1 is 1.09 bits per heavy atom. The largest absolute Gasteiger partial charge is 0.453 e. The van der Waals surface area contributed by atoms with E-state index in [4.69, 9.17) is 0 Å². The molecule has 5 heteroatoms. The summed E-state index contributed by atoms with van der Waals surface area (Å²) >= 11 is 1.80. The number of nitrogens with one attached hydrogen (secondary N) is 1. The maximum Gasteiger partial charge on any atom is 0.406 e. The van der Waals surface area contributed by atoms with Crippen molar-refractivity contribution in [3.63, 3.8) is 0 Å². The molecule has 3 rings (SSSR count). The van der Waals surface area contributed by atoms with Gasteiger partial charge in [-0.3, -0.25) is 0 Å². The minimum atomic E-state index is -0.380. The number of fused-ring (bicyclic) bond motifs is 2. The number of benzene rings is 2. The van der Waals surface area contributed by atoms with Gasteiger partial charge in [0.2, 0.25) is 0 Å². The summed E-state index contributed by atoms with van der Waals surface area (Å²) in [6.07, 6.45) is 0.470. The van der Waals surface area contributed by atoms with E-state index in [-0.39, 0.29) is 6.09 Å². The Hall–Kier alpha value is -2.14. The summed E-state index contributed by atoms with van der Waals surface area (Å²) in [6.45, 7) is 1.44. The van der Waals surface area contributed by atoms with Gasteiger partial charge in [0.15, 0.2) is 0 Å². The molecule has 0 fully saturated rings. The standard InChI is InChI=1S/C17H18N2O2S/c1-21-17(20)18-11-6-12-19-13-7-2-4-9-15(13)22-16-10-5-3-8-14(16)19/h2-5,7-10H,6,11-12H2,1H3,(H,18,20). The van der Waals surface area contributed by atoms with Crippen LogP contribution >= 0.6 is 11.8 Å². The van der Waals surface area contributed by atoms with Gasteiger partial charge < -0.3 is 15.0 Å². The van der Waals surface area contributed by atoms with Crippen molar-refractivity contribution >= 4 is 29.2 Å². The number of amides is 1. The Morgan fingerprint density at radius 2 is 1.68 bits per heavy atom. The average molecular weight is 314 g/mol. The van der Waals surface area contributed by atoms with Gasteiger partial charge in [-0.05, 0) is 30.7 Å². The zero-order valence-electron chi connectivity index (χ0n) is 12.4. The lowest BCUT2D eigenvalue weighted by atomic mass is 10.2. The van der Waals surface area contributed by atoms with Gasteiger partial charge in [0.05, 0.1) is 18.5 Å². The fraction of sp³-hybridized carbons (Fsp3) is 0.235. The first-order chi connectivity index (χ1) is 10.8. The topological polar surface area (TPSA) is 41.6 Å². The van der Waals surface area contributed by atoms with Crippen LogP contribution in [-0.2, 0) is 4.74 Å². The van der Waals surface area contributed by atoms with Gasteiger partial charge in [0.25, 0.3) is 0 Å². The highest BCUT2D eigenvalue weighted by molar-refractivity contribution is 7.99. The zero-order chi connectivity index (χ0) is 15.4. The number of alkyl carbamates (subject to hydrolysis) is 1. The molecule has 0 bridgehead atoms. The van der Waals surface area contributed by atoms with E-state index in [2.05, 4.69) is 63.5 Å². The Labute approximate surface area is 134 Å². The monoisotopic (exact) mass is 314 g/mol. The number of carbonyl (C=O) groups is 1. The van der Waals surface area contributed by atoms with Gasteiger partial charge in [0, 0.05) is 22.9 Å². The van der Waals surface area contributed by atoms with E-state index in [1.54, 1.807) is 11.8 Å². The van der Waals surface area contributed by atoms with Gasteiger partial charge in [0.1, 0.15) is 0 Å². The predicted molar refractivity (Wildman–Crippen MR) is 89.0 cm³/mol. The summed E-state index contributed by atoms with van der Waals surface area (Å²) in [7, 11) is 1.38. The van der Waals surface area contributed by atoms with E-state index in [0.717, 1.165) is 13.0 Å². The third kappa shape index (κ3) is 3.04. The number of hydrogen-bond donors (Lipinski definition) is 1. The van der Waals surface area contributed by atoms with E-state index >= 15 is 0 Å². The summed E-state index contributed by atoms with van der Waals surface area (Å²) in [6, 6.07) is 16.8. The first-order valence-corrected chi connectivity index (χ1v) is 8.06. The van der Waals surface area contributed by atoms with Crippen molar-refractivity contribution < 1.29 is 9.53 Å². The van der Waals surface area contributed by atoms with Crippen molar-refractivity contribution in [1.82, 2.24) is 5.32 Å². The molecule has 1 N–H and O–H groups in total. The molecule has 1 heterocycles. The van der Waals surface area contributed by atoms with Crippen molar-refractivity contribution in [2.24, 2.45) is 0 Å². The molecule has 4 nitrogen and oxygen atoms in total. The van der Waals surface area contributed by atoms with Crippen LogP contribution < -0.4 is 10.2 Å². The Bertz CT molecular complexity index is 630. The number of carbonyl (C=O) groups excluding carboxylic acids is 1. The summed E-state index contributed by atoms with van der Waals surface area (Å²) in [4.78, 5) is 16.0. The fourth-order valence-corrected chi connectivity index (χ4v) is 3.62. The van der Waals surface area contributed by atoms with Crippen LogP contribution in [0, 0.1) is 0 Å². The number of anilines is 2. The second-order valence-electron chi connectivity index (χ2n) is 4.96. The lowest BCUT2D eigenvalue weighted by molar-refractivity contribution is 0.171. The van der Waals surface area contributed by atoms with E-state index in [0.29, 0.717) is 6.54 Å². The second-order valence-corrected chi connectivity index (χ2v) is 6.04. The van der Waals surface area contributed by atoms with Gasteiger partial charge in [-0.1, -0.05) is 36.0 Å². The lowest BCUT2D eigenvalue weighted by Gasteiger charge is -2.32. The van der Waals surface area contributed by atoms with Crippen LogP contribution in [0.3, 0.4) is 0 Å². The Balaban J connectivity index is 1.76. The molecule has 0 unspecified atom stereocenters. The minimum Gasteiger partial charge on any atom is -0.453 e. The molecular weight excluding hydrogens is 296 g/mol. The maximum absolute atomic E-state index is 11.1. The van der Waals surface area contributed by atoms with Crippen LogP contribution in [0.15, 0.2) is 58.3 Å². The molecule has 0 spiro atoms. The third-order valence-corrected chi connectivity index (χ3v) is 4.68. The Kier molecular flexibility index (Phi) is 4.53. The van der Waals surface area contributed by atoms with E-state index < -0.39 is 0 Å². The van der Waals surface area contributed by atoms with Crippen molar-refractivity contribution in [1.29, 1.82) is 0 Å². The maximum atomic E-state index is 11.1. The van der Waals surface area contributed by atoms with Crippen LogP contribution in [0.25, 0.3) is 0 Å². The molecule has 0 saturated heterocycles. The first-order valence-electron chi connectivity index (χ1n) is 7.25. The molecule has 114 valence electrons. The highest BCUT2D eigenvalue weighted by Crippen LogP contribution is 2.47. The number of rotatable bonds is 4. The number of methoxy groups -OCH3 is 1. The highest BCUT2D eigenvalue weighted by Gasteiger charge is 2.22. The zero-order valence-corrected chi connectivity index (χ0v) is 13.2. The van der Waals surface area contributed by atoms with Crippen LogP contribution in [-0.4, -0.2) is 26.3 Å². The van der Waals surface area contributed by atoms with Crippen molar-refractivity contribution in [2.75, 3.05) is 25.1 Å². The number of ether oxygens (including phenoxy) is 1. The quantitative estimate of drug-likeness (QED) is 0.865. The van der Waals surface area contributed by atoms with Crippen molar-refractivity contribution in [3.8, 4) is 0 Å². The van der Waals surface area contributed by atoms with Gasteiger partial charge in [-0.25, -0.2) is 4.79 Å². The normalized spacial score (nSPS) is 12.3. The molecule has 22 heavy (non-hydrogen) atoms. The average Bonchev–Trinajstić information content (AvgIpc) is 2.57. The van der Waals surface area contributed by atoms with Crippen molar-refractivity contribution in [2.45, 2.75) is 16.2 Å². The van der Waals surface area contributed by atoms with Crippen LogP contribution in [0.4, 0.5) is 16.2 Å². The summed E-state index contributed by atoms with van der Waals surface area (Å²) in [5.41, 5.74) is 2.45. The predicted octanol–water partition coefficient (Wildman–Crippen LogP) is 4.04. The smallest absolute Gasteiger partial charge is 0.406 e. The molecule has 0 aliphatic carbocycles. The second kappa shape index (κ2) is 6.75. The minimum absolute atomic E-state index is 0.380. The lowest BCUT2D eigenvalue weighted by Crippen LogP contribution is -2.28. The molecule has 0 saturated carbocycles. The number of para-hydroxylation sites is 2. The van der Waals surface area contributed by atoms with Crippen LogP contribution in [0.1, 0.15) is 6.42 Å². The van der Waals surface area contributed by atoms with Gasteiger partial charge >= 0.3 is 6.09 Å². The number of nitrogens with zero attached hydrogens (tertiary/aromatic N) is 1. The summed E-state index contributed by atoms with van der Waals surface area (Å²) in [5.74, 6) is 0. The van der Waals surface area contributed by atoms with E-state index in [9.17, 15) is 4.79 Å². The van der Waals surface area contributed by atoms with Crippen LogP contribution in [0.2, 0.25) is 0 Å². The SMILES string of the molecule is COC(=O)NCCCN1c2ccccc2Sc2ccccc21. The molecule has 0 aromatic heterocycles. The highest BCUT2D eigenvalue weighted by atomic mass is 32.2. The van der Waals surface area contributed by atoms with Gasteiger partial charge in [-0.2, -0.15) is 0 Å². The van der Waals surface area contributed by atoms with Gasteiger partial charge in [-0.15, -0.1) is 0 Å². The molecule has 1 aliphatic rings.